The summed E-state index contributed by atoms with van der Waals surface area (Å²) < 4.78 is 0. The minimum Gasteiger partial charge on any atom is -0.300 e. The maximum Gasteiger partial charge on any atom is 0.132 e. The van der Waals surface area contributed by atoms with Crippen LogP contribution in [0.5, 0.6) is 0 Å². The quantitative estimate of drug-likeness (QED) is 0.546. The number of rotatable bonds is 1. The van der Waals surface area contributed by atoms with Crippen LogP contribution in [0, 0.1) is 11.3 Å². The highest BCUT2D eigenvalue weighted by Crippen LogP contribution is 2.40. The van der Waals surface area contributed by atoms with Crippen molar-refractivity contribution in [3.05, 3.63) is 0 Å². The van der Waals surface area contributed by atoms with Crippen molar-refractivity contribution in [3.8, 4) is 0 Å². The Labute approximate surface area is 62.8 Å². The van der Waals surface area contributed by atoms with E-state index in [0.717, 1.165) is 12.8 Å². The van der Waals surface area contributed by atoms with E-state index in [2.05, 4.69) is 13.8 Å². The molecule has 0 amide bonds. The zero-order chi connectivity index (χ0) is 7.78. The second kappa shape index (κ2) is 2.37. The standard InChI is InChI=1S/C9H16O/c1-7(10)8-4-5-9(2,3)6-8/h8H,4-6H2,1-3H3/t8-/m0/s1. The van der Waals surface area contributed by atoms with E-state index in [9.17, 15) is 4.79 Å². The molecule has 0 bridgehead atoms. The molecular formula is C9H16O. The summed E-state index contributed by atoms with van der Waals surface area (Å²) in [6.07, 6.45) is 3.43. The lowest BCUT2D eigenvalue weighted by atomic mass is 9.90. The van der Waals surface area contributed by atoms with E-state index in [1.54, 1.807) is 6.92 Å². The molecule has 0 aromatic heterocycles. The smallest absolute Gasteiger partial charge is 0.132 e. The molecule has 1 nitrogen and oxygen atoms in total. The highest BCUT2D eigenvalue weighted by atomic mass is 16.1. The molecule has 1 aliphatic carbocycles. The maximum absolute atomic E-state index is 10.9. The van der Waals surface area contributed by atoms with Crippen LogP contribution in [0.3, 0.4) is 0 Å². The lowest BCUT2D eigenvalue weighted by molar-refractivity contribution is -0.120. The van der Waals surface area contributed by atoms with Crippen LogP contribution in [0.25, 0.3) is 0 Å². The fourth-order valence-electron chi connectivity index (χ4n) is 1.78. The lowest BCUT2D eigenvalue weighted by Crippen LogP contribution is -2.10. The Balaban J connectivity index is 2.51. The molecule has 0 aliphatic heterocycles. The molecule has 0 unspecified atom stereocenters. The zero-order valence-corrected chi connectivity index (χ0v) is 7.11. The molecule has 0 aromatic rings. The van der Waals surface area contributed by atoms with Gasteiger partial charge in [-0.05, 0) is 31.6 Å². The predicted octanol–water partition coefficient (Wildman–Crippen LogP) is 2.40. The van der Waals surface area contributed by atoms with E-state index in [4.69, 9.17) is 0 Å². The average molecular weight is 140 g/mol. The van der Waals surface area contributed by atoms with Crippen LogP contribution in [0.2, 0.25) is 0 Å². The average Bonchev–Trinajstić information content (AvgIpc) is 2.10. The molecule has 1 saturated carbocycles. The summed E-state index contributed by atoms with van der Waals surface area (Å²) in [7, 11) is 0. The summed E-state index contributed by atoms with van der Waals surface area (Å²) in [6.45, 7) is 6.21. The molecule has 58 valence electrons. The molecule has 0 spiro atoms. The van der Waals surface area contributed by atoms with Crippen molar-refractivity contribution in [2.45, 2.75) is 40.0 Å². The highest BCUT2D eigenvalue weighted by Gasteiger charge is 2.32. The largest absolute Gasteiger partial charge is 0.300 e. The molecule has 0 N–H and O–H groups in total. The minimum atomic E-state index is 0.370. The van der Waals surface area contributed by atoms with Gasteiger partial charge in [-0.25, -0.2) is 0 Å². The molecule has 1 rings (SSSR count). The van der Waals surface area contributed by atoms with Crippen LogP contribution in [0.1, 0.15) is 40.0 Å². The summed E-state index contributed by atoms with van der Waals surface area (Å²) >= 11 is 0. The van der Waals surface area contributed by atoms with Gasteiger partial charge in [0.15, 0.2) is 0 Å². The van der Waals surface area contributed by atoms with Gasteiger partial charge in [0.1, 0.15) is 5.78 Å². The van der Waals surface area contributed by atoms with E-state index in [0.29, 0.717) is 17.1 Å². The van der Waals surface area contributed by atoms with Crippen molar-refractivity contribution in [1.82, 2.24) is 0 Å². The monoisotopic (exact) mass is 140 g/mol. The van der Waals surface area contributed by atoms with E-state index in [1.165, 1.54) is 6.42 Å². The van der Waals surface area contributed by atoms with Crippen LogP contribution in [0.4, 0.5) is 0 Å². The molecule has 1 heteroatoms. The van der Waals surface area contributed by atoms with E-state index in [1.807, 2.05) is 0 Å². The molecular weight excluding hydrogens is 124 g/mol. The van der Waals surface area contributed by atoms with Gasteiger partial charge in [-0.2, -0.15) is 0 Å². The summed E-state index contributed by atoms with van der Waals surface area (Å²) in [6, 6.07) is 0. The first-order valence-corrected chi connectivity index (χ1v) is 4.02. The first-order valence-electron chi connectivity index (χ1n) is 4.02. The Kier molecular flexibility index (Phi) is 1.84. The van der Waals surface area contributed by atoms with E-state index in [-0.39, 0.29) is 0 Å². The Morgan fingerprint density at radius 2 is 2.10 bits per heavy atom. The van der Waals surface area contributed by atoms with Gasteiger partial charge in [-0.3, -0.25) is 4.79 Å². The fraction of sp³-hybridized carbons (Fsp3) is 0.889. The number of hydrogen-bond donors (Lipinski definition) is 0. The fourth-order valence-corrected chi connectivity index (χ4v) is 1.78. The topological polar surface area (TPSA) is 17.1 Å². The van der Waals surface area contributed by atoms with Crippen LogP contribution in [0.15, 0.2) is 0 Å². The molecule has 0 aromatic carbocycles. The van der Waals surface area contributed by atoms with E-state index < -0.39 is 0 Å². The van der Waals surface area contributed by atoms with Gasteiger partial charge in [0.05, 0.1) is 0 Å². The Morgan fingerprint density at radius 3 is 2.30 bits per heavy atom. The van der Waals surface area contributed by atoms with Crippen LogP contribution in [-0.2, 0) is 4.79 Å². The molecule has 10 heavy (non-hydrogen) atoms. The third-order valence-electron chi connectivity index (χ3n) is 2.54. The summed E-state index contributed by atoms with van der Waals surface area (Å²) in [4.78, 5) is 10.9. The summed E-state index contributed by atoms with van der Waals surface area (Å²) in [5.74, 6) is 0.751. The van der Waals surface area contributed by atoms with Gasteiger partial charge in [0.25, 0.3) is 0 Å². The number of carbonyl (C=O) groups is 1. The van der Waals surface area contributed by atoms with Crippen molar-refractivity contribution in [1.29, 1.82) is 0 Å². The third-order valence-corrected chi connectivity index (χ3v) is 2.54. The van der Waals surface area contributed by atoms with Crippen LogP contribution < -0.4 is 0 Å². The summed E-state index contributed by atoms with van der Waals surface area (Å²) in [5.41, 5.74) is 0.427. The highest BCUT2D eigenvalue weighted by molar-refractivity contribution is 5.78. The number of ketones is 1. The number of carbonyl (C=O) groups excluding carboxylic acids is 1. The van der Waals surface area contributed by atoms with E-state index >= 15 is 0 Å². The number of Topliss-reactive ketones (excluding diaryl/α,β-unsaturated/α-hetero) is 1. The Bertz CT molecular complexity index is 147. The predicted molar refractivity (Wildman–Crippen MR) is 41.8 cm³/mol. The normalized spacial score (nSPS) is 30.5. The molecule has 1 fully saturated rings. The second-order valence-electron chi connectivity index (χ2n) is 4.21. The molecule has 1 aliphatic rings. The minimum absolute atomic E-state index is 0.370. The Morgan fingerprint density at radius 1 is 1.50 bits per heavy atom. The van der Waals surface area contributed by atoms with Crippen molar-refractivity contribution < 1.29 is 4.79 Å². The first kappa shape index (κ1) is 7.77. The SMILES string of the molecule is CC(=O)[C@H]1CCC(C)(C)C1. The molecule has 0 heterocycles. The van der Waals surface area contributed by atoms with Crippen molar-refractivity contribution >= 4 is 5.78 Å². The zero-order valence-electron chi connectivity index (χ0n) is 7.11. The second-order valence-corrected chi connectivity index (χ2v) is 4.21. The van der Waals surface area contributed by atoms with Crippen molar-refractivity contribution in [2.24, 2.45) is 11.3 Å². The van der Waals surface area contributed by atoms with Gasteiger partial charge in [0, 0.05) is 5.92 Å². The number of hydrogen-bond acceptors (Lipinski definition) is 1. The van der Waals surface area contributed by atoms with Gasteiger partial charge in [-0.15, -0.1) is 0 Å². The third kappa shape index (κ3) is 1.59. The van der Waals surface area contributed by atoms with Crippen LogP contribution in [-0.4, -0.2) is 5.78 Å². The van der Waals surface area contributed by atoms with Gasteiger partial charge in [-0.1, -0.05) is 13.8 Å². The van der Waals surface area contributed by atoms with Crippen LogP contribution >= 0.6 is 0 Å². The summed E-state index contributed by atoms with van der Waals surface area (Å²) in [5, 5.41) is 0. The Hall–Kier alpha value is -0.330. The maximum atomic E-state index is 10.9. The lowest BCUT2D eigenvalue weighted by Gasteiger charge is -2.15. The first-order chi connectivity index (χ1) is 4.51. The molecule has 0 radical (unpaired) electrons. The van der Waals surface area contributed by atoms with Crippen molar-refractivity contribution in [2.75, 3.05) is 0 Å². The van der Waals surface area contributed by atoms with Gasteiger partial charge >= 0.3 is 0 Å². The van der Waals surface area contributed by atoms with Crippen molar-refractivity contribution in [3.63, 3.8) is 0 Å². The molecule has 1 atom stereocenters. The van der Waals surface area contributed by atoms with Gasteiger partial charge < -0.3 is 0 Å². The van der Waals surface area contributed by atoms with Gasteiger partial charge in [0.2, 0.25) is 0 Å². The molecule has 0 saturated heterocycles.